The average Bonchev–Trinajstić information content (AvgIpc) is 2.43. The number of nitrogens with one attached hydrogen (secondary N) is 2. The molecule has 0 aliphatic carbocycles. The van der Waals surface area contributed by atoms with Gasteiger partial charge in [-0.2, -0.15) is 0 Å². The van der Waals surface area contributed by atoms with Gasteiger partial charge < -0.3 is 5.43 Å². The van der Waals surface area contributed by atoms with Crippen molar-refractivity contribution in [3.63, 3.8) is 0 Å². The van der Waals surface area contributed by atoms with Crippen molar-refractivity contribution in [2.75, 3.05) is 0 Å². The van der Waals surface area contributed by atoms with Crippen LogP contribution in [0.3, 0.4) is 0 Å². The van der Waals surface area contributed by atoms with Crippen LogP contribution in [0.25, 0.3) is 0 Å². The lowest BCUT2D eigenvalue weighted by Crippen LogP contribution is -2.29. The van der Waals surface area contributed by atoms with E-state index in [2.05, 4.69) is 23.9 Å². The molecule has 0 radical (unpaired) electrons. The third-order valence-corrected chi connectivity index (χ3v) is 1.12. The molecule has 54 valence electrons. The predicted octanol–water partition coefficient (Wildman–Crippen LogP) is 1.41. The van der Waals surface area contributed by atoms with Gasteiger partial charge in [0.25, 0.3) is 0 Å². The standard InChI is InChI=1S/C5H10N2.C2H6/c1-2-5-3-4-6-7-5;1-2/h3-7H,2H2,1H3;1-2H3. The quantitative estimate of drug-likeness (QED) is 0.558. The summed E-state index contributed by atoms with van der Waals surface area (Å²) in [6, 6.07) is 0.556. The molecule has 0 spiro atoms. The Balaban J connectivity index is 0.000000291. The van der Waals surface area contributed by atoms with Gasteiger partial charge in [0.05, 0.1) is 0 Å². The highest BCUT2D eigenvalue weighted by molar-refractivity contribution is 4.95. The fourth-order valence-electron chi connectivity index (χ4n) is 0.606. The molecule has 0 aromatic carbocycles. The van der Waals surface area contributed by atoms with E-state index in [0.717, 1.165) is 6.42 Å². The first-order chi connectivity index (χ1) is 4.43. The van der Waals surface area contributed by atoms with Gasteiger partial charge in [0, 0.05) is 12.2 Å². The fraction of sp³-hybridized carbons (Fsp3) is 0.714. The van der Waals surface area contributed by atoms with Crippen molar-refractivity contribution in [2.45, 2.75) is 33.2 Å². The molecule has 2 N–H and O–H groups in total. The van der Waals surface area contributed by atoms with Gasteiger partial charge in [0.1, 0.15) is 0 Å². The zero-order valence-corrected chi connectivity index (χ0v) is 6.44. The first-order valence-electron chi connectivity index (χ1n) is 3.61. The second-order valence-corrected chi connectivity index (χ2v) is 1.66. The van der Waals surface area contributed by atoms with Crippen molar-refractivity contribution in [2.24, 2.45) is 0 Å². The lowest BCUT2D eigenvalue weighted by atomic mass is 10.2. The van der Waals surface area contributed by atoms with E-state index >= 15 is 0 Å². The molecule has 0 saturated heterocycles. The summed E-state index contributed by atoms with van der Waals surface area (Å²) in [6.45, 7) is 6.15. The maximum Gasteiger partial charge on any atom is 0.0454 e. The van der Waals surface area contributed by atoms with Crippen LogP contribution in [0.15, 0.2) is 12.3 Å². The zero-order valence-electron chi connectivity index (χ0n) is 6.44. The molecule has 1 aliphatic heterocycles. The third-order valence-electron chi connectivity index (χ3n) is 1.12. The maximum atomic E-state index is 3.05. The normalized spacial score (nSPS) is 22.3. The fourth-order valence-corrected chi connectivity index (χ4v) is 0.606. The van der Waals surface area contributed by atoms with E-state index in [1.54, 1.807) is 0 Å². The second-order valence-electron chi connectivity index (χ2n) is 1.66. The molecular formula is C7H16N2. The zero-order chi connectivity index (χ0) is 7.11. The van der Waals surface area contributed by atoms with E-state index < -0.39 is 0 Å². The molecular weight excluding hydrogens is 112 g/mol. The van der Waals surface area contributed by atoms with Crippen LogP contribution in [0.2, 0.25) is 0 Å². The molecule has 2 heteroatoms. The van der Waals surface area contributed by atoms with Gasteiger partial charge >= 0.3 is 0 Å². The number of hydrogen-bond donors (Lipinski definition) is 2. The Morgan fingerprint density at radius 3 is 2.33 bits per heavy atom. The van der Waals surface area contributed by atoms with Gasteiger partial charge in [0.15, 0.2) is 0 Å². The lowest BCUT2D eigenvalue weighted by Gasteiger charge is -2.01. The summed E-state index contributed by atoms with van der Waals surface area (Å²) >= 11 is 0. The van der Waals surface area contributed by atoms with E-state index in [-0.39, 0.29) is 0 Å². The Kier molecular flexibility index (Phi) is 5.32. The lowest BCUT2D eigenvalue weighted by molar-refractivity contribution is 0.572. The van der Waals surface area contributed by atoms with E-state index in [1.165, 1.54) is 0 Å². The monoisotopic (exact) mass is 128 g/mol. The smallest absolute Gasteiger partial charge is 0.0454 e. The molecule has 1 atom stereocenters. The number of hydrogen-bond acceptors (Lipinski definition) is 2. The minimum absolute atomic E-state index is 0.556. The Morgan fingerprint density at radius 1 is 1.44 bits per heavy atom. The Bertz CT molecular complexity index is 79.0. The van der Waals surface area contributed by atoms with Crippen molar-refractivity contribution in [1.29, 1.82) is 0 Å². The molecule has 1 heterocycles. The summed E-state index contributed by atoms with van der Waals surface area (Å²) in [5.74, 6) is 0. The number of hydrazine groups is 1. The first-order valence-corrected chi connectivity index (χ1v) is 3.61. The van der Waals surface area contributed by atoms with Crippen LogP contribution in [0, 0.1) is 0 Å². The van der Waals surface area contributed by atoms with Crippen LogP contribution < -0.4 is 10.9 Å². The van der Waals surface area contributed by atoms with Crippen LogP contribution in [-0.4, -0.2) is 6.04 Å². The maximum absolute atomic E-state index is 3.05. The van der Waals surface area contributed by atoms with Crippen LogP contribution >= 0.6 is 0 Å². The molecule has 0 saturated carbocycles. The largest absolute Gasteiger partial charge is 0.328 e. The summed E-state index contributed by atoms with van der Waals surface area (Å²) in [4.78, 5) is 0. The van der Waals surface area contributed by atoms with E-state index in [0.29, 0.717) is 6.04 Å². The van der Waals surface area contributed by atoms with Crippen LogP contribution in [0.5, 0.6) is 0 Å². The Hall–Kier alpha value is -0.500. The summed E-state index contributed by atoms with van der Waals surface area (Å²) < 4.78 is 0. The van der Waals surface area contributed by atoms with Crippen molar-refractivity contribution < 1.29 is 0 Å². The topological polar surface area (TPSA) is 24.1 Å². The van der Waals surface area contributed by atoms with Gasteiger partial charge in [0.2, 0.25) is 0 Å². The summed E-state index contributed by atoms with van der Waals surface area (Å²) in [5.41, 5.74) is 5.94. The first kappa shape index (κ1) is 8.50. The highest BCUT2D eigenvalue weighted by atomic mass is 15.4. The summed E-state index contributed by atoms with van der Waals surface area (Å²) in [6.07, 6.45) is 5.19. The highest BCUT2D eigenvalue weighted by Gasteiger charge is 2.01. The van der Waals surface area contributed by atoms with Crippen LogP contribution in [-0.2, 0) is 0 Å². The average molecular weight is 128 g/mol. The minimum atomic E-state index is 0.556. The van der Waals surface area contributed by atoms with Crippen molar-refractivity contribution in [3.05, 3.63) is 12.3 Å². The predicted molar refractivity (Wildman–Crippen MR) is 40.8 cm³/mol. The van der Waals surface area contributed by atoms with E-state index in [1.807, 2.05) is 20.0 Å². The molecule has 1 unspecified atom stereocenters. The molecule has 0 aromatic heterocycles. The van der Waals surface area contributed by atoms with Gasteiger partial charge in [-0.25, -0.2) is 5.43 Å². The van der Waals surface area contributed by atoms with Crippen molar-refractivity contribution >= 4 is 0 Å². The molecule has 9 heavy (non-hydrogen) atoms. The Labute approximate surface area is 57.3 Å². The number of rotatable bonds is 1. The van der Waals surface area contributed by atoms with Crippen LogP contribution in [0.1, 0.15) is 27.2 Å². The second kappa shape index (κ2) is 5.63. The third kappa shape index (κ3) is 3.14. The molecule has 1 aliphatic rings. The van der Waals surface area contributed by atoms with Gasteiger partial charge in [-0.3, -0.25) is 0 Å². The summed E-state index contributed by atoms with van der Waals surface area (Å²) in [5, 5.41) is 0. The van der Waals surface area contributed by atoms with E-state index in [4.69, 9.17) is 0 Å². The molecule has 1 rings (SSSR count). The SMILES string of the molecule is CC.CCC1C=CNN1. The molecule has 0 aromatic rings. The molecule has 0 bridgehead atoms. The van der Waals surface area contributed by atoms with Gasteiger partial charge in [-0.15, -0.1) is 0 Å². The molecule has 0 amide bonds. The van der Waals surface area contributed by atoms with Crippen molar-refractivity contribution in [1.82, 2.24) is 10.9 Å². The van der Waals surface area contributed by atoms with Gasteiger partial charge in [-0.05, 0) is 12.5 Å². The van der Waals surface area contributed by atoms with Crippen LogP contribution in [0.4, 0.5) is 0 Å². The van der Waals surface area contributed by atoms with Gasteiger partial charge in [-0.1, -0.05) is 20.8 Å². The molecule has 2 nitrogen and oxygen atoms in total. The summed E-state index contributed by atoms with van der Waals surface area (Å²) in [7, 11) is 0. The highest BCUT2D eigenvalue weighted by Crippen LogP contribution is 1.93. The minimum Gasteiger partial charge on any atom is -0.328 e. The molecule has 0 fully saturated rings. The van der Waals surface area contributed by atoms with E-state index in [9.17, 15) is 0 Å². The van der Waals surface area contributed by atoms with Crippen molar-refractivity contribution in [3.8, 4) is 0 Å². The Morgan fingerprint density at radius 2 is 2.11 bits per heavy atom.